The molecule has 2 amide bonds. The molecule has 0 aliphatic carbocycles. The highest BCUT2D eigenvalue weighted by Crippen LogP contribution is 2.29. The van der Waals surface area contributed by atoms with Crippen LogP contribution < -0.4 is 15.0 Å². The summed E-state index contributed by atoms with van der Waals surface area (Å²) in [5.41, 5.74) is 1.43. The van der Waals surface area contributed by atoms with Gasteiger partial charge in [0.25, 0.3) is 0 Å². The molecule has 1 unspecified atom stereocenters. The molecule has 7 nitrogen and oxygen atoms in total. The summed E-state index contributed by atoms with van der Waals surface area (Å²) in [6.45, 7) is 1.80. The number of aromatic nitrogens is 1. The molecule has 1 saturated heterocycles. The van der Waals surface area contributed by atoms with E-state index in [1.807, 2.05) is 30.3 Å². The van der Waals surface area contributed by atoms with Crippen molar-refractivity contribution in [1.82, 2.24) is 9.88 Å². The van der Waals surface area contributed by atoms with E-state index >= 15 is 0 Å². The predicted molar refractivity (Wildman–Crippen MR) is 97.1 cm³/mol. The Kier molecular flexibility index (Phi) is 4.53. The van der Waals surface area contributed by atoms with Gasteiger partial charge in [0.1, 0.15) is 18.4 Å². The molecule has 3 heterocycles. The molecular weight excluding hydrogens is 332 g/mol. The average Bonchev–Trinajstić information content (AvgIpc) is 3.08. The molecule has 0 bridgehead atoms. The molecular formula is C19H20N4O3. The van der Waals surface area contributed by atoms with Crippen molar-refractivity contribution in [2.75, 3.05) is 36.4 Å². The van der Waals surface area contributed by atoms with Crippen LogP contribution in [0.4, 0.5) is 11.4 Å². The molecule has 1 fully saturated rings. The van der Waals surface area contributed by atoms with Gasteiger partial charge in [0.2, 0.25) is 11.8 Å². The summed E-state index contributed by atoms with van der Waals surface area (Å²) in [4.78, 5) is 32.3. The Morgan fingerprint density at radius 3 is 3.00 bits per heavy atom. The number of carbonyl (C=O) groups excluding carboxylic acids is 2. The minimum atomic E-state index is -0.170. The van der Waals surface area contributed by atoms with Gasteiger partial charge in [-0.3, -0.25) is 24.4 Å². The fourth-order valence-electron chi connectivity index (χ4n) is 3.38. The maximum atomic E-state index is 12.8. The number of hydrogen-bond acceptors (Lipinski definition) is 5. The molecule has 1 aromatic carbocycles. The van der Waals surface area contributed by atoms with Gasteiger partial charge in [0.15, 0.2) is 0 Å². The summed E-state index contributed by atoms with van der Waals surface area (Å²) in [5, 5.41) is 2.80. The van der Waals surface area contributed by atoms with Crippen LogP contribution in [0.2, 0.25) is 0 Å². The van der Waals surface area contributed by atoms with Gasteiger partial charge in [-0.25, -0.2) is 0 Å². The lowest BCUT2D eigenvalue weighted by Crippen LogP contribution is -2.46. The fourth-order valence-corrected chi connectivity index (χ4v) is 3.38. The second-order valence-electron chi connectivity index (χ2n) is 6.50. The van der Waals surface area contributed by atoms with Gasteiger partial charge < -0.3 is 10.1 Å². The van der Waals surface area contributed by atoms with Crippen LogP contribution >= 0.6 is 0 Å². The first-order chi connectivity index (χ1) is 12.7. The second kappa shape index (κ2) is 7.13. The molecule has 1 atom stereocenters. The standard InChI is InChI=1S/C19H20N4O3/c24-18-12-23(17-6-2-1-5-16(17)21-18)19(25)13-22-9-7-15(11-22)26-14-4-3-8-20-10-14/h1-6,8,10,15H,7,9,11-13H2,(H,21,24). The number of likely N-dealkylation sites (tertiary alicyclic amines) is 1. The molecule has 0 spiro atoms. The summed E-state index contributed by atoms with van der Waals surface area (Å²) in [7, 11) is 0. The number of fused-ring (bicyclic) bond motifs is 1. The van der Waals surface area contributed by atoms with Crippen molar-refractivity contribution in [2.45, 2.75) is 12.5 Å². The van der Waals surface area contributed by atoms with E-state index in [2.05, 4.69) is 15.2 Å². The minimum absolute atomic E-state index is 0.0453. The van der Waals surface area contributed by atoms with E-state index in [1.54, 1.807) is 23.4 Å². The Labute approximate surface area is 151 Å². The fraction of sp³-hybridized carbons (Fsp3) is 0.316. The first-order valence-electron chi connectivity index (χ1n) is 8.67. The van der Waals surface area contributed by atoms with E-state index in [0.29, 0.717) is 12.2 Å². The monoisotopic (exact) mass is 352 g/mol. The van der Waals surface area contributed by atoms with Gasteiger partial charge in [-0.15, -0.1) is 0 Å². The van der Waals surface area contributed by atoms with Gasteiger partial charge in [-0.05, 0) is 30.7 Å². The Morgan fingerprint density at radius 2 is 2.15 bits per heavy atom. The maximum Gasteiger partial charge on any atom is 0.244 e. The molecule has 1 N–H and O–H groups in total. The number of benzene rings is 1. The van der Waals surface area contributed by atoms with Crippen LogP contribution in [0.1, 0.15) is 6.42 Å². The number of nitrogens with one attached hydrogen (secondary N) is 1. The normalized spacial score (nSPS) is 19.8. The molecule has 26 heavy (non-hydrogen) atoms. The summed E-state index contributed by atoms with van der Waals surface area (Å²) >= 11 is 0. The molecule has 0 radical (unpaired) electrons. The van der Waals surface area contributed by atoms with E-state index in [9.17, 15) is 9.59 Å². The summed E-state index contributed by atoms with van der Waals surface area (Å²) in [6.07, 6.45) is 4.30. The lowest BCUT2D eigenvalue weighted by Gasteiger charge is -2.30. The van der Waals surface area contributed by atoms with E-state index in [1.165, 1.54) is 0 Å². The molecule has 7 heteroatoms. The molecule has 134 valence electrons. The van der Waals surface area contributed by atoms with Crippen LogP contribution in [0.5, 0.6) is 5.75 Å². The van der Waals surface area contributed by atoms with Gasteiger partial charge in [0.05, 0.1) is 24.1 Å². The van der Waals surface area contributed by atoms with Crippen LogP contribution in [-0.2, 0) is 9.59 Å². The Hall–Kier alpha value is -2.93. The van der Waals surface area contributed by atoms with E-state index in [4.69, 9.17) is 4.74 Å². The largest absolute Gasteiger partial charge is 0.487 e. The maximum absolute atomic E-state index is 12.8. The lowest BCUT2D eigenvalue weighted by molar-refractivity contribution is -0.122. The van der Waals surface area contributed by atoms with Crippen LogP contribution in [-0.4, -0.2) is 54.0 Å². The number of hydrogen-bond donors (Lipinski definition) is 1. The van der Waals surface area contributed by atoms with E-state index in [-0.39, 0.29) is 31.0 Å². The Morgan fingerprint density at radius 1 is 1.27 bits per heavy atom. The number of pyridine rings is 1. The van der Waals surface area contributed by atoms with Crippen molar-refractivity contribution in [3.8, 4) is 5.75 Å². The van der Waals surface area contributed by atoms with Crippen LogP contribution in [0, 0.1) is 0 Å². The predicted octanol–water partition coefficient (Wildman–Crippen LogP) is 1.52. The van der Waals surface area contributed by atoms with Crippen molar-refractivity contribution in [3.63, 3.8) is 0 Å². The van der Waals surface area contributed by atoms with Gasteiger partial charge >= 0.3 is 0 Å². The third-order valence-corrected chi connectivity index (χ3v) is 4.60. The highest BCUT2D eigenvalue weighted by atomic mass is 16.5. The van der Waals surface area contributed by atoms with Gasteiger partial charge in [-0.2, -0.15) is 0 Å². The van der Waals surface area contributed by atoms with E-state index < -0.39 is 0 Å². The van der Waals surface area contributed by atoms with E-state index in [0.717, 1.165) is 24.4 Å². The highest BCUT2D eigenvalue weighted by Gasteiger charge is 2.30. The number of anilines is 2. The number of nitrogens with zero attached hydrogens (tertiary/aromatic N) is 3. The highest BCUT2D eigenvalue weighted by molar-refractivity contribution is 6.10. The minimum Gasteiger partial charge on any atom is -0.487 e. The van der Waals surface area contributed by atoms with Crippen molar-refractivity contribution in [1.29, 1.82) is 0 Å². The zero-order valence-corrected chi connectivity index (χ0v) is 14.3. The third-order valence-electron chi connectivity index (χ3n) is 4.60. The summed E-state index contributed by atoms with van der Waals surface area (Å²) < 4.78 is 5.91. The number of ether oxygens (including phenoxy) is 1. The number of rotatable bonds is 4. The molecule has 2 aromatic rings. The quantitative estimate of drug-likeness (QED) is 0.903. The Bertz CT molecular complexity index is 811. The van der Waals surface area contributed by atoms with Gasteiger partial charge in [0, 0.05) is 19.3 Å². The Balaban J connectivity index is 1.38. The van der Waals surface area contributed by atoms with Crippen LogP contribution in [0.15, 0.2) is 48.8 Å². The number of carbonyl (C=O) groups is 2. The first-order valence-corrected chi connectivity index (χ1v) is 8.67. The zero-order valence-electron chi connectivity index (χ0n) is 14.3. The first kappa shape index (κ1) is 16.5. The molecule has 1 aromatic heterocycles. The SMILES string of the molecule is O=C1CN(C(=O)CN2CCC(Oc3cccnc3)C2)c2ccccc2N1. The molecule has 2 aliphatic rings. The topological polar surface area (TPSA) is 74.8 Å². The smallest absolute Gasteiger partial charge is 0.244 e. The third kappa shape index (κ3) is 3.52. The molecule has 0 saturated carbocycles. The number of amides is 2. The summed E-state index contributed by atoms with van der Waals surface area (Å²) in [6, 6.07) is 11.1. The molecule has 4 rings (SSSR count). The molecule has 2 aliphatic heterocycles. The lowest BCUT2D eigenvalue weighted by atomic mass is 10.2. The van der Waals surface area contributed by atoms with Crippen molar-refractivity contribution >= 4 is 23.2 Å². The van der Waals surface area contributed by atoms with Crippen LogP contribution in [0.25, 0.3) is 0 Å². The zero-order chi connectivity index (χ0) is 17.9. The van der Waals surface area contributed by atoms with Crippen molar-refractivity contribution in [3.05, 3.63) is 48.8 Å². The average molecular weight is 352 g/mol. The van der Waals surface area contributed by atoms with Crippen LogP contribution in [0.3, 0.4) is 0 Å². The summed E-state index contributed by atoms with van der Waals surface area (Å²) in [5.74, 6) is 0.498. The van der Waals surface area contributed by atoms with Crippen molar-refractivity contribution in [2.24, 2.45) is 0 Å². The number of para-hydroxylation sites is 2. The van der Waals surface area contributed by atoms with Crippen molar-refractivity contribution < 1.29 is 14.3 Å². The second-order valence-corrected chi connectivity index (χ2v) is 6.50. The van der Waals surface area contributed by atoms with Gasteiger partial charge in [-0.1, -0.05) is 12.1 Å².